The lowest BCUT2D eigenvalue weighted by Gasteiger charge is -2.09. The molecule has 0 atom stereocenters. The summed E-state index contributed by atoms with van der Waals surface area (Å²) in [7, 11) is 0. The lowest BCUT2D eigenvalue weighted by atomic mass is 10.1. The van der Waals surface area contributed by atoms with Crippen LogP contribution in [0.2, 0.25) is 0 Å². The Bertz CT molecular complexity index is 981. The molecule has 7 heteroatoms. The van der Waals surface area contributed by atoms with Crippen LogP contribution < -0.4 is 10.9 Å². The van der Waals surface area contributed by atoms with E-state index in [1.54, 1.807) is 25.1 Å². The quantitative estimate of drug-likeness (QED) is 0.551. The summed E-state index contributed by atoms with van der Waals surface area (Å²) in [6, 6.07) is 8.88. The molecule has 0 aliphatic heterocycles. The Balaban J connectivity index is 2.05. The van der Waals surface area contributed by atoms with Crippen LogP contribution in [0.25, 0.3) is 11.0 Å². The molecule has 1 aromatic carbocycles. The molecule has 0 fully saturated rings. The summed E-state index contributed by atoms with van der Waals surface area (Å²) in [5.41, 5.74) is 2.03. The highest BCUT2D eigenvalue weighted by Gasteiger charge is 2.15. The van der Waals surface area contributed by atoms with Crippen LogP contribution in [0, 0.1) is 15.9 Å². The minimum atomic E-state index is -0.440. The predicted octanol–water partition coefficient (Wildman–Crippen LogP) is 2.96. The van der Waals surface area contributed by atoms with Crippen LogP contribution in [-0.2, 0) is 6.61 Å². The van der Waals surface area contributed by atoms with Crippen molar-refractivity contribution in [2.75, 3.05) is 5.32 Å². The Kier molecular flexibility index (Phi) is 4.63. The van der Waals surface area contributed by atoms with Crippen molar-refractivity contribution in [1.29, 1.82) is 5.41 Å². The highest BCUT2D eigenvalue weighted by atomic mass is 127. The molecule has 2 aromatic heterocycles. The number of aliphatic hydroxyl groups is 1. The third-order valence-electron chi connectivity index (χ3n) is 3.59. The van der Waals surface area contributed by atoms with Gasteiger partial charge in [0, 0.05) is 26.4 Å². The van der Waals surface area contributed by atoms with E-state index in [1.165, 1.54) is 6.20 Å². The van der Waals surface area contributed by atoms with Crippen LogP contribution in [0.15, 0.2) is 40.9 Å². The maximum atomic E-state index is 12.5. The molecule has 0 radical (unpaired) electrons. The summed E-state index contributed by atoms with van der Waals surface area (Å²) in [5, 5.41) is 20.8. The fourth-order valence-corrected chi connectivity index (χ4v) is 2.68. The number of anilines is 1. The first-order chi connectivity index (χ1) is 11.5. The maximum absolute atomic E-state index is 12.5. The van der Waals surface area contributed by atoms with Crippen LogP contribution in [-0.4, -0.2) is 16.0 Å². The summed E-state index contributed by atoms with van der Waals surface area (Å²) in [6.07, 6.45) is 1.54. The van der Waals surface area contributed by atoms with Gasteiger partial charge in [0.15, 0.2) is 5.58 Å². The van der Waals surface area contributed by atoms with Crippen LogP contribution >= 0.6 is 22.6 Å². The number of nitrogens with one attached hydrogen (secondary N) is 2. The van der Waals surface area contributed by atoms with Crippen molar-refractivity contribution in [1.82, 2.24) is 4.98 Å². The zero-order valence-electron chi connectivity index (χ0n) is 12.8. The van der Waals surface area contributed by atoms with Gasteiger partial charge >= 0.3 is 0 Å². The normalized spacial score (nSPS) is 10.8. The minimum absolute atomic E-state index is 0.0985. The molecule has 0 aliphatic rings. The van der Waals surface area contributed by atoms with E-state index in [1.807, 2.05) is 12.1 Å². The fourth-order valence-electron chi connectivity index (χ4n) is 2.32. The Morgan fingerprint density at radius 2 is 2.08 bits per heavy atom. The number of aromatic nitrogens is 1. The van der Waals surface area contributed by atoms with Gasteiger partial charge in [-0.15, -0.1) is 0 Å². The molecule has 0 saturated heterocycles. The predicted molar refractivity (Wildman–Crippen MR) is 97.6 cm³/mol. The molecule has 24 heavy (non-hydrogen) atoms. The van der Waals surface area contributed by atoms with Crippen molar-refractivity contribution in [2.24, 2.45) is 0 Å². The number of carbonyl (C=O) groups excluding carboxylic acids is 1. The third-order valence-corrected chi connectivity index (χ3v) is 4.31. The molecule has 0 saturated carbocycles. The van der Waals surface area contributed by atoms with E-state index >= 15 is 0 Å². The molecule has 3 aromatic rings. The van der Waals surface area contributed by atoms with E-state index in [4.69, 9.17) is 9.83 Å². The van der Waals surface area contributed by atoms with Crippen molar-refractivity contribution in [2.45, 2.75) is 13.5 Å². The van der Waals surface area contributed by atoms with E-state index in [2.05, 4.69) is 32.9 Å². The Hall–Kier alpha value is -2.26. The summed E-state index contributed by atoms with van der Waals surface area (Å²) < 4.78 is 6.53. The molecule has 3 rings (SSSR count). The number of rotatable bonds is 3. The van der Waals surface area contributed by atoms with Gasteiger partial charge in [-0.05, 0) is 59.8 Å². The summed E-state index contributed by atoms with van der Waals surface area (Å²) in [4.78, 5) is 16.6. The zero-order valence-corrected chi connectivity index (χ0v) is 14.9. The first-order valence-corrected chi connectivity index (χ1v) is 8.22. The number of amides is 1. The number of aliphatic hydroxyl groups excluding tert-OH is 1. The van der Waals surface area contributed by atoms with Gasteiger partial charge in [0.25, 0.3) is 5.91 Å². The summed E-state index contributed by atoms with van der Waals surface area (Å²) in [5.74, 6) is -0.440. The number of nitrogens with zero attached hydrogens (tertiary/aromatic N) is 1. The Morgan fingerprint density at radius 3 is 2.75 bits per heavy atom. The number of fused-ring (bicyclic) bond motifs is 1. The number of hydrogen-bond donors (Lipinski definition) is 3. The molecule has 0 spiro atoms. The molecule has 6 nitrogen and oxygen atoms in total. The number of benzene rings is 1. The van der Waals surface area contributed by atoms with Crippen molar-refractivity contribution < 1.29 is 14.3 Å². The van der Waals surface area contributed by atoms with Gasteiger partial charge < -0.3 is 14.8 Å². The maximum Gasteiger partial charge on any atom is 0.261 e. The smallest absolute Gasteiger partial charge is 0.261 e. The van der Waals surface area contributed by atoms with Crippen molar-refractivity contribution in [3.63, 3.8) is 0 Å². The first-order valence-electron chi connectivity index (χ1n) is 7.14. The lowest BCUT2D eigenvalue weighted by molar-refractivity contribution is 0.102. The van der Waals surface area contributed by atoms with E-state index in [0.717, 1.165) is 3.57 Å². The number of pyridine rings is 1. The molecule has 0 aliphatic carbocycles. The fraction of sp³-hybridized carbons (Fsp3) is 0.118. The number of halogens is 1. The van der Waals surface area contributed by atoms with Gasteiger partial charge in [0.05, 0.1) is 12.3 Å². The van der Waals surface area contributed by atoms with Gasteiger partial charge in [-0.2, -0.15) is 0 Å². The van der Waals surface area contributed by atoms with E-state index in [9.17, 15) is 9.90 Å². The van der Waals surface area contributed by atoms with Gasteiger partial charge in [-0.1, -0.05) is 0 Å². The minimum Gasteiger partial charge on any atom is -0.436 e. The number of carbonyl (C=O) groups is 1. The largest absolute Gasteiger partial charge is 0.436 e. The van der Waals surface area contributed by atoms with E-state index < -0.39 is 5.91 Å². The lowest BCUT2D eigenvalue weighted by Crippen LogP contribution is -2.21. The molecule has 3 N–H and O–H groups in total. The molecular weight excluding hydrogens is 421 g/mol. The van der Waals surface area contributed by atoms with Gasteiger partial charge in [-0.25, -0.2) is 0 Å². The second-order valence-electron chi connectivity index (χ2n) is 5.22. The SMILES string of the molecule is Cc1ncc(CO)c2cc(C(=O)Nc3ccc(I)cc3)c(=N)oc12. The second kappa shape index (κ2) is 6.70. The number of hydrogen-bond acceptors (Lipinski definition) is 5. The van der Waals surface area contributed by atoms with E-state index in [-0.39, 0.29) is 17.7 Å². The van der Waals surface area contributed by atoms with Gasteiger partial charge in [0.2, 0.25) is 5.55 Å². The van der Waals surface area contributed by atoms with Crippen LogP contribution in [0.5, 0.6) is 0 Å². The standard InChI is InChI=1S/C17H14IN3O3/c1-9-15-13(10(8-22)7-20-9)6-14(16(19)24-15)17(23)21-12-4-2-11(18)3-5-12/h2-7,19,22H,8H2,1H3,(H,21,23). The summed E-state index contributed by atoms with van der Waals surface area (Å²) >= 11 is 2.18. The highest BCUT2D eigenvalue weighted by Crippen LogP contribution is 2.21. The molecule has 122 valence electrons. The molecule has 0 unspecified atom stereocenters. The monoisotopic (exact) mass is 435 g/mol. The second-order valence-corrected chi connectivity index (χ2v) is 6.47. The Morgan fingerprint density at radius 1 is 1.38 bits per heavy atom. The average molecular weight is 435 g/mol. The van der Waals surface area contributed by atoms with Crippen molar-refractivity contribution in [3.8, 4) is 0 Å². The molecule has 0 bridgehead atoms. The van der Waals surface area contributed by atoms with Crippen LogP contribution in [0.4, 0.5) is 5.69 Å². The topological polar surface area (TPSA) is 99.2 Å². The molecule has 1 amide bonds. The average Bonchev–Trinajstić information content (AvgIpc) is 2.57. The van der Waals surface area contributed by atoms with E-state index in [0.29, 0.717) is 27.9 Å². The van der Waals surface area contributed by atoms with Gasteiger partial charge in [0.1, 0.15) is 5.56 Å². The van der Waals surface area contributed by atoms with Crippen LogP contribution in [0.1, 0.15) is 21.6 Å². The third kappa shape index (κ3) is 3.17. The highest BCUT2D eigenvalue weighted by molar-refractivity contribution is 14.1. The van der Waals surface area contributed by atoms with Crippen LogP contribution in [0.3, 0.4) is 0 Å². The number of aryl methyl sites for hydroxylation is 1. The molecule has 2 heterocycles. The van der Waals surface area contributed by atoms with Gasteiger partial charge in [-0.3, -0.25) is 15.2 Å². The van der Waals surface area contributed by atoms with Crippen molar-refractivity contribution in [3.05, 3.63) is 62.5 Å². The van der Waals surface area contributed by atoms with Crippen molar-refractivity contribution >= 4 is 45.2 Å². The summed E-state index contributed by atoms with van der Waals surface area (Å²) in [6.45, 7) is 1.52. The molecular formula is C17H14IN3O3. The first kappa shape index (κ1) is 16.6. The Labute approximate surface area is 151 Å². The zero-order chi connectivity index (χ0) is 17.3.